The molecule has 1 N–H and O–H groups in total. The van der Waals surface area contributed by atoms with Gasteiger partial charge in [-0.1, -0.05) is 41.9 Å². The number of carbonyl (C=O) groups is 2. The van der Waals surface area contributed by atoms with Gasteiger partial charge < -0.3 is 10.1 Å². The topological polar surface area (TPSA) is 55.4 Å². The number of hydrogen-bond acceptors (Lipinski definition) is 3. The van der Waals surface area contributed by atoms with Crippen LogP contribution in [0.15, 0.2) is 78.9 Å². The van der Waals surface area contributed by atoms with Crippen LogP contribution in [0, 0.1) is 5.82 Å². The highest BCUT2D eigenvalue weighted by molar-refractivity contribution is 6.30. The maximum atomic E-state index is 13.0. The van der Waals surface area contributed by atoms with Crippen molar-refractivity contribution < 1.29 is 18.7 Å². The summed E-state index contributed by atoms with van der Waals surface area (Å²) in [7, 11) is 0. The molecule has 0 aliphatic carbocycles. The Balaban J connectivity index is 1.82. The molecule has 0 heterocycles. The van der Waals surface area contributed by atoms with Gasteiger partial charge in [-0.3, -0.25) is 4.79 Å². The molecule has 3 aromatic rings. The van der Waals surface area contributed by atoms with Crippen LogP contribution in [0.1, 0.15) is 22.0 Å². The van der Waals surface area contributed by atoms with Crippen molar-refractivity contribution >= 4 is 29.2 Å². The summed E-state index contributed by atoms with van der Waals surface area (Å²) in [6.45, 7) is 0. The molecule has 0 saturated heterocycles. The smallest absolute Gasteiger partial charge is 0.339 e. The fourth-order valence-electron chi connectivity index (χ4n) is 2.40. The molecule has 4 nitrogen and oxygen atoms in total. The predicted octanol–water partition coefficient (Wildman–Crippen LogP) is 5.02. The molecule has 3 rings (SSSR count). The minimum Gasteiger partial charge on any atom is -0.444 e. The van der Waals surface area contributed by atoms with Gasteiger partial charge in [0.25, 0.3) is 5.91 Å². The Morgan fingerprint density at radius 2 is 1.52 bits per heavy atom. The van der Waals surface area contributed by atoms with Crippen molar-refractivity contribution in [3.05, 3.63) is 101 Å². The average Bonchev–Trinajstić information content (AvgIpc) is 2.69. The zero-order chi connectivity index (χ0) is 19.2. The molecule has 0 aromatic heterocycles. The van der Waals surface area contributed by atoms with E-state index in [0.29, 0.717) is 16.3 Å². The van der Waals surface area contributed by atoms with Crippen LogP contribution in [0.3, 0.4) is 0 Å². The Hall–Kier alpha value is -3.18. The monoisotopic (exact) mass is 383 g/mol. The molecule has 6 heteroatoms. The standard InChI is InChI=1S/C21H15ClFNO3/c22-16-8-6-15(7-9-16)21(26)27-19(14-4-2-1-3-5-14)20(25)24-18-12-10-17(23)11-13-18/h1-13,19H,(H,24,25)/t19-/m0/s1. The van der Waals surface area contributed by atoms with Crippen LogP contribution in [0.4, 0.5) is 10.1 Å². The van der Waals surface area contributed by atoms with Crippen LogP contribution < -0.4 is 5.32 Å². The molecule has 0 unspecified atom stereocenters. The molecule has 0 aliphatic rings. The molecule has 3 aromatic carbocycles. The number of hydrogen-bond donors (Lipinski definition) is 1. The number of carbonyl (C=O) groups excluding carboxylic acids is 2. The summed E-state index contributed by atoms with van der Waals surface area (Å²) < 4.78 is 18.5. The van der Waals surface area contributed by atoms with Gasteiger partial charge in [0.1, 0.15) is 5.82 Å². The van der Waals surface area contributed by atoms with Crippen LogP contribution >= 0.6 is 11.6 Å². The quantitative estimate of drug-likeness (QED) is 0.630. The number of nitrogens with one attached hydrogen (secondary N) is 1. The van der Waals surface area contributed by atoms with Gasteiger partial charge in [-0.25, -0.2) is 9.18 Å². The number of benzene rings is 3. The average molecular weight is 384 g/mol. The molecule has 0 fully saturated rings. The summed E-state index contributed by atoms with van der Waals surface area (Å²) in [6, 6.07) is 20.1. The summed E-state index contributed by atoms with van der Waals surface area (Å²) in [5.74, 6) is -1.62. The number of ether oxygens (including phenoxy) is 1. The first kappa shape index (κ1) is 18.6. The number of halogens is 2. The van der Waals surface area contributed by atoms with E-state index < -0.39 is 23.8 Å². The van der Waals surface area contributed by atoms with Gasteiger partial charge in [-0.15, -0.1) is 0 Å². The number of esters is 1. The summed E-state index contributed by atoms with van der Waals surface area (Å²) in [6.07, 6.45) is -1.17. The third kappa shape index (κ3) is 4.92. The maximum absolute atomic E-state index is 13.0. The molecule has 136 valence electrons. The molecule has 27 heavy (non-hydrogen) atoms. The highest BCUT2D eigenvalue weighted by Crippen LogP contribution is 2.22. The van der Waals surface area contributed by atoms with E-state index in [2.05, 4.69) is 5.32 Å². The Kier molecular flexibility index (Phi) is 5.84. The van der Waals surface area contributed by atoms with E-state index in [1.807, 2.05) is 0 Å². The van der Waals surface area contributed by atoms with E-state index in [0.717, 1.165) is 0 Å². The second-order valence-electron chi connectivity index (χ2n) is 5.70. The van der Waals surface area contributed by atoms with Gasteiger partial charge in [0, 0.05) is 16.3 Å². The largest absolute Gasteiger partial charge is 0.444 e. The van der Waals surface area contributed by atoms with Gasteiger partial charge in [0.15, 0.2) is 0 Å². The number of amides is 1. The molecule has 0 aliphatic heterocycles. The Morgan fingerprint density at radius 3 is 2.15 bits per heavy atom. The number of anilines is 1. The van der Waals surface area contributed by atoms with E-state index in [9.17, 15) is 14.0 Å². The van der Waals surface area contributed by atoms with Crippen molar-refractivity contribution in [2.24, 2.45) is 0 Å². The SMILES string of the molecule is O=C(O[C@H](C(=O)Nc1ccc(F)cc1)c1ccccc1)c1ccc(Cl)cc1. The van der Waals surface area contributed by atoms with Crippen molar-refractivity contribution in [3.8, 4) is 0 Å². The van der Waals surface area contributed by atoms with Crippen molar-refractivity contribution in [1.29, 1.82) is 0 Å². The summed E-state index contributed by atoms with van der Waals surface area (Å²) in [5, 5.41) is 3.12. The molecule has 0 radical (unpaired) electrons. The summed E-state index contributed by atoms with van der Waals surface area (Å²) >= 11 is 5.83. The van der Waals surface area contributed by atoms with Gasteiger partial charge in [-0.05, 0) is 48.5 Å². The van der Waals surface area contributed by atoms with Gasteiger partial charge in [0.2, 0.25) is 6.10 Å². The van der Waals surface area contributed by atoms with E-state index in [1.54, 1.807) is 42.5 Å². The van der Waals surface area contributed by atoms with Crippen molar-refractivity contribution in [2.75, 3.05) is 5.32 Å². The molecule has 1 atom stereocenters. The van der Waals surface area contributed by atoms with Crippen LogP contribution in [0.25, 0.3) is 0 Å². The van der Waals surface area contributed by atoms with E-state index >= 15 is 0 Å². The lowest BCUT2D eigenvalue weighted by Crippen LogP contribution is -2.26. The third-order valence-electron chi connectivity index (χ3n) is 3.76. The molecular weight excluding hydrogens is 369 g/mol. The Morgan fingerprint density at radius 1 is 0.889 bits per heavy atom. The lowest BCUT2D eigenvalue weighted by molar-refractivity contribution is -0.125. The van der Waals surface area contributed by atoms with Crippen LogP contribution in [0.5, 0.6) is 0 Å². The van der Waals surface area contributed by atoms with Crippen LogP contribution in [-0.2, 0) is 9.53 Å². The second kappa shape index (κ2) is 8.47. The van der Waals surface area contributed by atoms with E-state index in [-0.39, 0.29) is 5.56 Å². The zero-order valence-electron chi connectivity index (χ0n) is 14.1. The molecular formula is C21H15ClFNO3. The molecule has 0 spiro atoms. The van der Waals surface area contributed by atoms with Gasteiger partial charge in [0.05, 0.1) is 5.56 Å². The predicted molar refractivity (Wildman–Crippen MR) is 101 cm³/mol. The summed E-state index contributed by atoms with van der Waals surface area (Å²) in [4.78, 5) is 25.2. The molecule has 0 bridgehead atoms. The first-order chi connectivity index (χ1) is 13.0. The van der Waals surface area contributed by atoms with Crippen molar-refractivity contribution in [1.82, 2.24) is 0 Å². The van der Waals surface area contributed by atoms with Gasteiger partial charge in [-0.2, -0.15) is 0 Å². The highest BCUT2D eigenvalue weighted by atomic mass is 35.5. The lowest BCUT2D eigenvalue weighted by atomic mass is 10.1. The fraction of sp³-hybridized carbons (Fsp3) is 0.0476. The highest BCUT2D eigenvalue weighted by Gasteiger charge is 2.25. The Bertz CT molecular complexity index is 928. The normalized spacial score (nSPS) is 11.5. The van der Waals surface area contributed by atoms with Gasteiger partial charge >= 0.3 is 5.97 Å². The summed E-state index contributed by atoms with van der Waals surface area (Å²) in [5.41, 5.74) is 1.18. The maximum Gasteiger partial charge on any atom is 0.339 e. The third-order valence-corrected chi connectivity index (χ3v) is 4.01. The van der Waals surface area contributed by atoms with Crippen LogP contribution in [-0.4, -0.2) is 11.9 Å². The lowest BCUT2D eigenvalue weighted by Gasteiger charge is -2.18. The molecule has 0 saturated carbocycles. The van der Waals surface area contributed by atoms with E-state index in [4.69, 9.17) is 16.3 Å². The van der Waals surface area contributed by atoms with E-state index in [1.165, 1.54) is 36.4 Å². The van der Waals surface area contributed by atoms with Crippen molar-refractivity contribution in [3.63, 3.8) is 0 Å². The minimum absolute atomic E-state index is 0.273. The fourth-order valence-corrected chi connectivity index (χ4v) is 2.53. The van der Waals surface area contributed by atoms with Crippen molar-refractivity contribution in [2.45, 2.75) is 6.10 Å². The Labute approximate surface area is 160 Å². The first-order valence-electron chi connectivity index (χ1n) is 8.11. The van der Waals surface area contributed by atoms with Crippen LogP contribution in [0.2, 0.25) is 5.02 Å². The minimum atomic E-state index is -1.17. The zero-order valence-corrected chi connectivity index (χ0v) is 14.8. The number of rotatable bonds is 5. The first-order valence-corrected chi connectivity index (χ1v) is 8.48. The molecule has 1 amide bonds. The second-order valence-corrected chi connectivity index (χ2v) is 6.14.